The predicted molar refractivity (Wildman–Crippen MR) is 107 cm³/mol. The molecule has 2 aromatic rings. The highest BCUT2D eigenvalue weighted by molar-refractivity contribution is 5.77. The summed E-state index contributed by atoms with van der Waals surface area (Å²) in [6.45, 7) is 6.49. The van der Waals surface area contributed by atoms with Crippen molar-refractivity contribution in [2.75, 3.05) is 26.2 Å². The Kier molecular flexibility index (Phi) is 6.84. The van der Waals surface area contributed by atoms with E-state index in [1.165, 1.54) is 37.1 Å². The van der Waals surface area contributed by atoms with Crippen LogP contribution in [0.25, 0.3) is 0 Å². The highest BCUT2D eigenvalue weighted by atomic mass is 16.1. The smallest absolute Gasteiger partial charge is 0.220 e. The first kappa shape index (κ1) is 18.7. The lowest BCUT2D eigenvalue weighted by atomic mass is 9.88. The molecule has 1 heterocycles. The normalized spacial score (nSPS) is 15.9. The van der Waals surface area contributed by atoms with Gasteiger partial charge in [0.1, 0.15) is 0 Å². The largest absolute Gasteiger partial charge is 0.356 e. The van der Waals surface area contributed by atoms with Gasteiger partial charge in [0, 0.05) is 25.4 Å². The van der Waals surface area contributed by atoms with E-state index in [0.29, 0.717) is 12.3 Å². The van der Waals surface area contributed by atoms with Gasteiger partial charge in [0.25, 0.3) is 0 Å². The lowest BCUT2D eigenvalue weighted by Gasteiger charge is -2.22. The standard InChI is InChI=1S/C23H30N2O/c1-19(18-25-14-8-9-15-25)17-24-23(26)16-22(20-10-4-2-5-11-20)21-12-6-3-7-13-21/h2-7,10-13,19,22H,8-9,14-18H2,1H3,(H,24,26). The molecule has 1 saturated heterocycles. The molecular formula is C23H30N2O. The zero-order chi connectivity index (χ0) is 18.2. The van der Waals surface area contributed by atoms with Gasteiger partial charge in [0.05, 0.1) is 0 Å². The van der Waals surface area contributed by atoms with Gasteiger partial charge in [0.2, 0.25) is 5.91 Å². The SMILES string of the molecule is CC(CNC(=O)CC(c1ccccc1)c1ccccc1)CN1CCCC1. The minimum atomic E-state index is 0.103. The van der Waals surface area contributed by atoms with Crippen molar-refractivity contribution in [1.82, 2.24) is 10.2 Å². The number of hydrogen-bond acceptors (Lipinski definition) is 2. The first-order valence-corrected chi connectivity index (χ1v) is 9.81. The number of benzene rings is 2. The van der Waals surface area contributed by atoms with Crippen molar-refractivity contribution in [3.8, 4) is 0 Å². The second-order valence-corrected chi connectivity index (χ2v) is 7.50. The van der Waals surface area contributed by atoms with Crippen molar-refractivity contribution >= 4 is 5.91 Å². The summed E-state index contributed by atoms with van der Waals surface area (Å²) in [5.41, 5.74) is 2.39. The number of amides is 1. The van der Waals surface area contributed by atoms with Crippen molar-refractivity contribution in [3.63, 3.8) is 0 Å². The van der Waals surface area contributed by atoms with Crippen molar-refractivity contribution in [2.45, 2.75) is 32.1 Å². The van der Waals surface area contributed by atoms with Gasteiger partial charge in [-0.15, -0.1) is 0 Å². The molecule has 1 N–H and O–H groups in total. The Morgan fingerprint density at radius 1 is 0.962 bits per heavy atom. The summed E-state index contributed by atoms with van der Waals surface area (Å²) in [6.07, 6.45) is 3.12. The molecule has 0 spiro atoms. The monoisotopic (exact) mass is 350 g/mol. The van der Waals surface area contributed by atoms with Crippen LogP contribution in [0, 0.1) is 5.92 Å². The Bertz CT molecular complexity index is 626. The maximum atomic E-state index is 12.6. The molecule has 26 heavy (non-hydrogen) atoms. The van der Waals surface area contributed by atoms with Gasteiger partial charge in [-0.2, -0.15) is 0 Å². The van der Waals surface area contributed by atoms with Crippen LogP contribution in [-0.4, -0.2) is 37.0 Å². The average Bonchev–Trinajstić information content (AvgIpc) is 3.19. The van der Waals surface area contributed by atoms with Crippen LogP contribution in [0.5, 0.6) is 0 Å². The summed E-state index contributed by atoms with van der Waals surface area (Å²) in [6, 6.07) is 20.7. The van der Waals surface area contributed by atoms with Crippen LogP contribution in [0.3, 0.4) is 0 Å². The predicted octanol–water partition coefficient (Wildman–Crippen LogP) is 4.06. The number of carbonyl (C=O) groups excluding carboxylic acids is 1. The molecule has 1 atom stereocenters. The second-order valence-electron chi connectivity index (χ2n) is 7.50. The molecule has 0 saturated carbocycles. The van der Waals surface area contributed by atoms with Crippen LogP contribution >= 0.6 is 0 Å². The molecule has 3 rings (SSSR count). The summed E-state index contributed by atoms with van der Waals surface area (Å²) in [7, 11) is 0. The molecule has 0 aromatic heterocycles. The summed E-state index contributed by atoms with van der Waals surface area (Å²) in [4.78, 5) is 15.1. The molecule has 3 nitrogen and oxygen atoms in total. The molecular weight excluding hydrogens is 320 g/mol. The first-order valence-electron chi connectivity index (χ1n) is 9.81. The van der Waals surface area contributed by atoms with Gasteiger partial charge >= 0.3 is 0 Å². The van der Waals surface area contributed by atoms with Gasteiger partial charge in [-0.05, 0) is 43.0 Å². The van der Waals surface area contributed by atoms with Crippen molar-refractivity contribution < 1.29 is 4.79 Å². The Balaban J connectivity index is 1.57. The molecule has 1 aliphatic rings. The van der Waals surface area contributed by atoms with E-state index in [1.807, 2.05) is 36.4 Å². The Labute approximate surface area is 157 Å². The molecule has 0 bridgehead atoms. The third-order valence-electron chi connectivity index (χ3n) is 5.21. The zero-order valence-corrected chi connectivity index (χ0v) is 15.7. The number of hydrogen-bond donors (Lipinski definition) is 1. The summed E-state index contributed by atoms with van der Waals surface area (Å²) in [5.74, 6) is 0.728. The Hall–Kier alpha value is -2.13. The van der Waals surface area contributed by atoms with E-state index in [1.54, 1.807) is 0 Å². The molecule has 0 aliphatic carbocycles. The van der Waals surface area contributed by atoms with Crippen LogP contribution in [-0.2, 0) is 4.79 Å². The molecule has 1 aliphatic heterocycles. The summed E-state index contributed by atoms with van der Waals surface area (Å²) >= 11 is 0. The molecule has 138 valence electrons. The third kappa shape index (κ3) is 5.43. The summed E-state index contributed by atoms with van der Waals surface area (Å²) < 4.78 is 0. The van der Waals surface area contributed by atoms with E-state index in [-0.39, 0.29) is 11.8 Å². The number of nitrogens with zero attached hydrogens (tertiary/aromatic N) is 1. The maximum absolute atomic E-state index is 12.6. The maximum Gasteiger partial charge on any atom is 0.220 e. The van der Waals surface area contributed by atoms with E-state index < -0.39 is 0 Å². The van der Waals surface area contributed by atoms with Crippen LogP contribution in [0.2, 0.25) is 0 Å². The van der Waals surface area contributed by atoms with E-state index in [9.17, 15) is 4.79 Å². The second kappa shape index (κ2) is 9.54. The van der Waals surface area contributed by atoms with Crippen LogP contribution < -0.4 is 5.32 Å². The van der Waals surface area contributed by atoms with Crippen molar-refractivity contribution in [1.29, 1.82) is 0 Å². The Morgan fingerprint density at radius 3 is 2.04 bits per heavy atom. The number of nitrogens with one attached hydrogen (secondary N) is 1. The van der Waals surface area contributed by atoms with E-state index in [0.717, 1.165) is 13.1 Å². The third-order valence-corrected chi connectivity index (χ3v) is 5.21. The summed E-state index contributed by atoms with van der Waals surface area (Å²) in [5, 5.41) is 3.16. The van der Waals surface area contributed by atoms with E-state index >= 15 is 0 Å². The van der Waals surface area contributed by atoms with Crippen LogP contribution in [0.4, 0.5) is 0 Å². The quantitative estimate of drug-likeness (QED) is 0.779. The highest BCUT2D eigenvalue weighted by Crippen LogP contribution is 2.27. The molecule has 3 heteroatoms. The number of rotatable bonds is 8. The van der Waals surface area contributed by atoms with Crippen molar-refractivity contribution in [2.24, 2.45) is 5.92 Å². The molecule has 2 aromatic carbocycles. The van der Waals surface area contributed by atoms with Gasteiger partial charge in [-0.25, -0.2) is 0 Å². The van der Waals surface area contributed by atoms with E-state index in [4.69, 9.17) is 0 Å². The topological polar surface area (TPSA) is 32.3 Å². The van der Waals surface area contributed by atoms with E-state index in [2.05, 4.69) is 41.4 Å². The average molecular weight is 351 g/mol. The fraction of sp³-hybridized carbons (Fsp3) is 0.435. The lowest BCUT2D eigenvalue weighted by molar-refractivity contribution is -0.121. The number of carbonyl (C=O) groups is 1. The van der Waals surface area contributed by atoms with Crippen LogP contribution in [0.15, 0.2) is 60.7 Å². The molecule has 0 radical (unpaired) electrons. The first-order chi connectivity index (χ1) is 12.7. The molecule has 1 fully saturated rings. The van der Waals surface area contributed by atoms with Crippen molar-refractivity contribution in [3.05, 3.63) is 71.8 Å². The van der Waals surface area contributed by atoms with Crippen LogP contribution in [0.1, 0.15) is 43.2 Å². The minimum Gasteiger partial charge on any atom is -0.356 e. The highest BCUT2D eigenvalue weighted by Gasteiger charge is 2.19. The lowest BCUT2D eigenvalue weighted by Crippen LogP contribution is -2.35. The molecule has 1 amide bonds. The zero-order valence-electron chi connectivity index (χ0n) is 15.7. The molecule has 1 unspecified atom stereocenters. The van der Waals surface area contributed by atoms with Gasteiger partial charge in [-0.3, -0.25) is 4.79 Å². The van der Waals surface area contributed by atoms with Gasteiger partial charge < -0.3 is 10.2 Å². The van der Waals surface area contributed by atoms with Gasteiger partial charge in [0.15, 0.2) is 0 Å². The Morgan fingerprint density at radius 2 is 1.50 bits per heavy atom. The fourth-order valence-electron chi connectivity index (χ4n) is 3.81. The number of likely N-dealkylation sites (tertiary alicyclic amines) is 1. The van der Waals surface area contributed by atoms with Gasteiger partial charge in [-0.1, -0.05) is 67.6 Å². The fourth-order valence-corrected chi connectivity index (χ4v) is 3.81. The minimum absolute atomic E-state index is 0.103.